The molecule has 0 saturated carbocycles. The van der Waals surface area contributed by atoms with Crippen LogP contribution in [0.4, 0.5) is 11.4 Å². The van der Waals surface area contributed by atoms with Gasteiger partial charge in [-0.05, 0) is 56.9 Å². The largest absolute Gasteiger partial charge is 0.344 e. The van der Waals surface area contributed by atoms with Crippen LogP contribution in [0, 0.1) is 6.92 Å². The second kappa shape index (κ2) is 10.3. The van der Waals surface area contributed by atoms with Crippen LogP contribution in [-0.4, -0.2) is 44.4 Å². The van der Waals surface area contributed by atoms with E-state index in [0.717, 1.165) is 29.6 Å². The first-order valence-corrected chi connectivity index (χ1v) is 13.9. The molecule has 5 aromatic rings. The molecular weight excluding hydrogens is 496 g/mol. The van der Waals surface area contributed by atoms with Crippen molar-refractivity contribution in [3.8, 4) is 0 Å². The highest BCUT2D eigenvalue weighted by Crippen LogP contribution is 2.33. The zero-order valence-electron chi connectivity index (χ0n) is 21.6. The standard InChI is InChI=1S/C30H30N4O3S/c1-21-9-4-5-11-23(21)30(35)31-26-15-16-28(25-13-7-6-12-24(25)26)38(36,37)32-27-14-8-10-22-17-18-34(29(22)27)20-19-33(2)3/h4-18,32H,19-20H2,1-3H3,(H,31,35). The summed E-state index contributed by atoms with van der Waals surface area (Å²) in [5, 5.41) is 5.09. The molecule has 0 saturated heterocycles. The second-order valence-electron chi connectivity index (χ2n) is 9.59. The number of carbonyl (C=O) groups excluding carboxylic acids is 1. The van der Waals surface area contributed by atoms with Crippen molar-refractivity contribution >= 4 is 49.0 Å². The molecule has 5 rings (SSSR count). The summed E-state index contributed by atoms with van der Waals surface area (Å²) in [5.41, 5.74) is 3.34. The lowest BCUT2D eigenvalue weighted by Gasteiger charge is -2.16. The number of amides is 1. The Labute approximate surface area is 222 Å². The molecule has 38 heavy (non-hydrogen) atoms. The molecule has 7 nitrogen and oxygen atoms in total. The van der Waals surface area contributed by atoms with Crippen LogP contribution in [-0.2, 0) is 16.6 Å². The van der Waals surface area contributed by atoms with Gasteiger partial charge in [0.05, 0.1) is 16.1 Å². The maximum absolute atomic E-state index is 13.7. The van der Waals surface area contributed by atoms with E-state index in [4.69, 9.17) is 0 Å². The van der Waals surface area contributed by atoms with Crippen LogP contribution in [0.15, 0.2) is 96.0 Å². The lowest BCUT2D eigenvalue weighted by Crippen LogP contribution is -2.19. The average molecular weight is 527 g/mol. The molecule has 0 unspecified atom stereocenters. The van der Waals surface area contributed by atoms with Crippen molar-refractivity contribution in [3.05, 3.63) is 102 Å². The Hall–Kier alpha value is -4.14. The maximum atomic E-state index is 13.7. The third kappa shape index (κ3) is 5.01. The average Bonchev–Trinajstić information content (AvgIpc) is 3.32. The first-order valence-electron chi connectivity index (χ1n) is 12.4. The zero-order chi connectivity index (χ0) is 26.9. The molecular formula is C30H30N4O3S. The Kier molecular flexibility index (Phi) is 6.93. The number of likely N-dealkylation sites (N-methyl/N-ethyl adjacent to an activating group) is 1. The number of carbonyl (C=O) groups is 1. The number of nitrogens with one attached hydrogen (secondary N) is 2. The van der Waals surface area contributed by atoms with Crippen molar-refractivity contribution in [2.75, 3.05) is 30.7 Å². The highest BCUT2D eigenvalue weighted by molar-refractivity contribution is 7.93. The molecule has 1 amide bonds. The molecule has 8 heteroatoms. The minimum absolute atomic E-state index is 0.144. The van der Waals surface area contributed by atoms with Gasteiger partial charge in [0, 0.05) is 46.7 Å². The van der Waals surface area contributed by atoms with Crippen LogP contribution in [0.2, 0.25) is 0 Å². The number of nitrogens with zero attached hydrogens (tertiary/aromatic N) is 2. The Morgan fingerprint density at radius 1 is 0.842 bits per heavy atom. The summed E-state index contributed by atoms with van der Waals surface area (Å²) >= 11 is 0. The van der Waals surface area contributed by atoms with Crippen LogP contribution in [0.25, 0.3) is 21.7 Å². The zero-order valence-corrected chi connectivity index (χ0v) is 22.4. The maximum Gasteiger partial charge on any atom is 0.262 e. The third-order valence-corrected chi connectivity index (χ3v) is 8.06. The number of aromatic nitrogens is 1. The normalized spacial score (nSPS) is 11.8. The number of aryl methyl sites for hydroxylation is 1. The summed E-state index contributed by atoms with van der Waals surface area (Å²) in [6.45, 7) is 3.44. The quantitative estimate of drug-likeness (QED) is 0.271. The summed E-state index contributed by atoms with van der Waals surface area (Å²) < 4.78 is 32.4. The smallest absolute Gasteiger partial charge is 0.262 e. The minimum Gasteiger partial charge on any atom is -0.344 e. The Bertz CT molecular complexity index is 1760. The third-order valence-electron chi connectivity index (χ3n) is 6.63. The van der Waals surface area contributed by atoms with Gasteiger partial charge in [0.15, 0.2) is 0 Å². The molecule has 0 atom stereocenters. The van der Waals surface area contributed by atoms with Gasteiger partial charge in [0.2, 0.25) is 0 Å². The lowest BCUT2D eigenvalue weighted by atomic mass is 10.1. The first-order chi connectivity index (χ1) is 18.2. The van der Waals surface area contributed by atoms with Gasteiger partial charge < -0.3 is 14.8 Å². The first kappa shape index (κ1) is 25.5. The molecule has 0 radical (unpaired) electrons. The fourth-order valence-electron chi connectivity index (χ4n) is 4.67. The van der Waals surface area contributed by atoms with Gasteiger partial charge >= 0.3 is 0 Å². The number of para-hydroxylation sites is 1. The number of sulfonamides is 1. The van der Waals surface area contributed by atoms with Gasteiger partial charge in [-0.1, -0.05) is 54.6 Å². The SMILES string of the molecule is Cc1ccccc1C(=O)Nc1ccc(S(=O)(=O)Nc2cccc3ccn(CCN(C)C)c23)c2ccccc12. The van der Waals surface area contributed by atoms with Crippen molar-refractivity contribution < 1.29 is 13.2 Å². The van der Waals surface area contributed by atoms with Crippen LogP contribution in [0.5, 0.6) is 0 Å². The molecule has 2 N–H and O–H groups in total. The number of rotatable bonds is 8. The molecule has 1 heterocycles. The Morgan fingerprint density at radius 2 is 1.58 bits per heavy atom. The molecule has 0 bridgehead atoms. The van der Waals surface area contributed by atoms with Gasteiger partial charge in [0.25, 0.3) is 15.9 Å². The van der Waals surface area contributed by atoms with Crippen LogP contribution < -0.4 is 10.0 Å². The van der Waals surface area contributed by atoms with E-state index < -0.39 is 10.0 Å². The molecule has 4 aromatic carbocycles. The van der Waals surface area contributed by atoms with E-state index in [0.29, 0.717) is 27.7 Å². The number of benzene rings is 4. The summed E-state index contributed by atoms with van der Waals surface area (Å²) in [6.07, 6.45) is 1.98. The summed E-state index contributed by atoms with van der Waals surface area (Å²) in [7, 11) is 0.0670. The molecule has 194 valence electrons. The summed E-state index contributed by atoms with van der Waals surface area (Å²) in [4.78, 5) is 15.2. The van der Waals surface area contributed by atoms with Gasteiger partial charge in [-0.15, -0.1) is 0 Å². The van der Waals surface area contributed by atoms with E-state index in [1.54, 1.807) is 36.4 Å². The fourth-order valence-corrected chi connectivity index (χ4v) is 5.95. The highest BCUT2D eigenvalue weighted by Gasteiger charge is 2.21. The Balaban J connectivity index is 1.51. The van der Waals surface area contributed by atoms with E-state index >= 15 is 0 Å². The summed E-state index contributed by atoms with van der Waals surface area (Å²) in [5.74, 6) is -0.243. The second-order valence-corrected chi connectivity index (χ2v) is 11.2. The Morgan fingerprint density at radius 3 is 2.34 bits per heavy atom. The molecule has 0 aliphatic carbocycles. The number of anilines is 2. The monoisotopic (exact) mass is 526 g/mol. The van der Waals surface area contributed by atoms with Crippen LogP contribution in [0.3, 0.4) is 0 Å². The van der Waals surface area contributed by atoms with Gasteiger partial charge in [-0.25, -0.2) is 8.42 Å². The summed E-state index contributed by atoms with van der Waals surface area (Å²) in [6, 6.07) is 25.3. The lowest BCUT2D eigenvalue weighted by molar-refractivity contribution is 0.102. The van der Waals surface area contributed by atoms with Gasteiger partial charge in [-0.2, -0.15) is 0 Å². The molecule has 0 aliphatic rings. The molecule has 0 aliphatic heterocycles. The number of hydrogen-bond donors (Lipinski definition) is 2. The van der Waals surface area contributed by atoms with E-state index in [-0.39, 0.29) is 10.8 Å². The van der Waals surface area contributed by atoms with E-state index in [2.05, 4.69) is 19.5 Å². The highest BCUT2D eigenvalue weighted by atomic mass is 32.2. The predicted molar refractivity (Wildman–Crippen MR) is 154 cm³/mol. The van der Waals surface area contributed by atoms with Gasteiger partial charge in [-0.3, -0.25) is 9.52 Å². The van der Waals surface area contributed by atoms with E-state index in [1.807, 2.05) is 75.7 Å². The van der Waals surface area contributed by atoms with Crippen molar-refractivity contribution in [3.63, 3.8) is 0 Å². The van der Waals surface area contributed by atoms with Crippen molar-refractivity contribution in [2.24, 2.45) is 0 Å². The van der Waals surface area contributed by atoms with Crippen LogP contribution >= 0.6 is 0 Å². The van der Waals surface area contributed by atoms with Crippen molar-refractivity contribution in [2.45, 2.75) is 18.4 Å². The van der Waals surface area contributed by atoms with Crippen molar-refractivity contribution in [1.29, 1.82) is 0 Å². The van der Waals surface area contributed by atoms with E-state index in [1.165, 1.54) is 0 Å². The molecule has 1 aromatic heterocycles. The van der Waals surface area contributed by atoms with Gasteiger partial charge in [0.1, 0.15) is 0 Å². The fraction of sp³-hybridized carbons (Fsp3) is 0.167. The van der Waals surface area contributed by atoms with E-state index in [9.17, 15) is 13.2 Å². The topological polar surface area (TPSA) is 83.4 Å². The number of hydrogen-bond acceptors (Lipinski definition) is 4. The molecule has 0 fully saturated rings. The minimum atomic E-state index is -3.95. The van der Waals surface area contributed by atoms with Crippen molar-refractivity contribution in [1.82, 2.24) is 9.47 Å². The molecule has 0 spiro atoms. The van der Waals surface area contributed by atoms with Crippen LogP contribution in [0.1, 0.15) is 15.9 Å². The predicted octanol–water partition coefficient (Wildman–Crippen LogP) is 5.72. The number of fused-ring (bicyclic) bond motifs is 2.